The number of rotatable bonds is 3. The first-order chi connectivity index (χ1) is 14.0. The zero-order chi connectivity index (χ0) is 21.9. The molecular weight excluding hydrogens is 420 g/mol. The van der Waals surface area contributed by atoms with Crippen LogP contribution >= 0.6 is 11.6 Å². The molecule has 0 radical (unpaired) electrons. The van der Waals surface area contributed by atoms with Gasteiger partial charge >= 0.3 is 0 Å². The molecule has 2 aliphatic rings. The van der Waals surface area contributed by atoms with Crippen molar-refractivity contribution >= 4 is 21.6 Å². The first-order valence-corrected chi connectivity index (χ1v) is 12.4. The predicted molar refractivity (Wildman–Crippen MR) is 122 cm³/mol. The average molecular weight is 451 g/mol. The van der Waals surface area contributed by atoms with Crippen molar-refractivity contribution in [3.63, 3.8) is 0 Å². The third-order valence-electron chi connectivity index (χ3n) is 5.60. The van der Waals surface area contributed by atoms with E-state index in [1.54, 1.807) is 4.31 Å². The zero-order valence-electron chi connectivity index (χ0n) is 18.2. The zero-order valence-corrected chi connectivity index (χ0v) is 19.8. The molecule has 2 fully saturated rings. The van der Waals surface area contributed by atoms with Crippen molar-refractivity contribution in [1.82, 2.24) is 9.21 Å². The highest BCUT2D eigenvalue weighted by Crippen LogP contribution is 2.34. The number of ether oxygens (including phenoxy) is 1. The van der Waals surface area contributed by atoms with E-state index in [-0.39, 0.29) is 23.5 Å². The van der Waals surface area contributed by atoms with Gasteiger partial charge in [0.2, 0.25) is 10.0 Å². The molecule has 30 heavy (non-hydrogen) atoms. The molecule has 2 heterocycles. The fourth-order valence-corrected chi connectivity index (χ4v) is 6.09. The molecule has 2 aliphatic heterocycles. The van der Waals surface area contributed by atoms with E-state index in [0.717, 1.165) is 12.0 Å². The van der Waals surface area contributed by atoms with E-state index in [1.165, 1.54) is 5.57 Å². The van der Waals surface area contributed by atoms with Crippen LogP contribution in [0.4, 0.5) is 0 Å². The number of nitrogens with zero attached hydrogens (tertiary/aromatic N) is 2. The molecule has 2 saturated heterocycles. The predicted octanol–water partition coefficient (Wildman–Crippen LogP) is 3.75. The van der Waals surface area contributed by atoms with Crippen molar-refractivity contribution in [2.45, 2.75) is 46.3 Å². The van der Waals surface area contributed by atoms with Crippen LogP contribution in [0, 0.1) is 17.3 Å². The van der Waals surface area contributed by atoms with Crippen LogP contribution < -0.4 is 0 Å². The summed E-state index contributed by atoms with van der Waals surface area (Å²) in [6.45, 7) is 10.4. The van der Waals surface area contributed by atoms with Crippen molar-refractivity contribution in [1.29, 1.82) is 0 Å². The van der Waals surface area contributed by atoms with E-state index in [4.69, 9.17) is 16.3 Å². The van der Waals surface area contributed by atoms with Gasteiger partial charge in [0.05, 0.1) is 12.2 Å². The largest absolute Gasteiger partial charge is 0.373 e. The molecule has 164 valence electrons. The van der Waals surface area contributed by atoms with Crippen LogP contribution in [-0.4, -0.2) is 61.9 Å². The summed E-state index contributed by atoms with van der Waals surface area (Å²) in [6.07, 6.45) is 2.64. The molecule has 2 unspecified atom stereocenters. The Balaban J connectivity index is 1.65. The molecule has 3 rings (SSSR count). The van der Waals surface area contributed by atoms with Crippen LogP contribution in [0.2, 0.25) is 5.02 Å². The standard InChI is InChI=1S/C23H31ClN2O3S/c1-18-14-26(15-19(2)29-18)30(27,28)17-25-12-11-21(23(3,4)16-25)9-5-7-20-8-6-10-22(24)13-20/h6,8-10,13,18-19H,11-12,14-17H2,1-4H3/b21-9+. The van der Waals surface area contributed by atoms with Gasteiger partial charge in [-0.15, -0.1) is 0 Å². The Morgan fingerprint density at radius 1 is 1.27 bits per heavy atom. The number of likely N-dealkylation sites (tertiary alicyclic amines) is 1. The molecule has 5 nitrogen and oxygen atoms in total. The van der Waals surface area contributed by atoms with Gasteiger partial charge in [-0.25, -0.2) is 8.42 Å². The topological polar surface area (TPSA) is 49.9 Å². The number of sulfonamides is 1. The molecule has 0 aromatic heterocycles. The minimum Gasteiger partial charge on any atom is -0.373 e. The molecular formula is C23H31ClN2O3S. The number of benzene rings is 1. The number of allylic oxidation sites excluding steroid dienone is 1. The van der Waals surface area contributed by atoms with Crippen LogP contribution in [0.15, 0.2) is 35.9 Å². The van der Waals surface area contributed by atoms with Crippen molar-refractivity contribution in [3.8, 4) is 11.8 Å². The highest BCUT2D eigenvalue weighted by molar-refractivity contribution is 7.89. The number of hydrogen-bond donors (Lipinski definition) is 0. The second-order valence-electron chi connectivity index (χ2n) is 8.95. The number of halogens is 1. The maximum Gasteiger partial charge on any atom is 0.227 e. The van der Waals surface area contributed by atoms with Crippen LogP contribution in [0.25, 0.3) is 0 Å². The SMILES string of the molecule is CC1CN(S(=O)(=O)CN2CC/C(=C\C#Cc3cccc(Cl)c3)C(C)(C)C2)CC(C)O1. The highest BCUT2D eigenvalue weighted by atomic mass is 35.5. The van der Waals surface area contributed by atoms with Gasteiger partial charge < -0.3 is 4.74 Å². The van der Waals surface area contributed by atoms with Crippen LogP contribution in [0.5, 0.6) is 0 Å². The van der Waals surface area contributed by atoms with Gasteiger partial charge in [0.15, 0.2) is 0 Å². The molecule has 1 aromatic rings. The molecule has 2 atom stereocenters. The molecule has 0 spiro atoms. The lowest BCUT2D eigenvalue weighted by Gasteiger charge is -2.41. The van der Waals surface area contributed by atoms with Crippen LogP contribution in [0.3, 0.4) is 0 Å². The molecule has 0 bridgehead atoms. The number of morpholine rings is 1. The molecule has 0 amide bonds. The van der Waals surface area contributed by atoms with Crippen LogP contribution in [0.1, 0.15) is 39.7 Å². The van der Waals surface area contributed by atoms with Gasteiger partial charge in [0, 0.05) is 36.8 Å². The number of hydrogen-bond acceptors (Lipinski definition) is 4. The Hall–Kier alpha value is -1.36. The van der Waals surface area contributed by atoms with E-state index < -0.39 is 10.0 Å². The quantitative estimate of drug-likeness (QED) is 0.658. The van der Waals surface area contributed by atoms with E-state index >= 15 is 0 Å². The van der Waals surface area contributed by atoms with E-state index in [2.05, 4.69) is 25.7 Å². The third kappa shape index (κ3) is 6.09. The summed E-state index contributed by atoms with van der Waals surface area (Å²) in [6, 6.07) is 7.50. The fourth-order valence-electron chi connectivity index (χ4n) is 4.18. The minimum atomic E-state index is -3.35. The van der Waals surface area contributed by atoms with E-state index in [9.17, 15) is 8.42 Å². The number of piperidine rings is 1. The van der Waals surface area contributed by atoms with E-state index in [0.29, 0.717) is 31.2 Å². The Bertz CT molecular complexity index is 952. The highest BCUT2D eigenvalue weighted by Gasteiger charge is 2.36. The second-order valence-corrected chi connectivity index (χ2v) is 11.3. The Morgan fingerprint density at radius 3 is 2.60 bits per heavy atom. The monoisotopic (exact) mass is 450 g/mol. The summed E-state index contributed by atoms with van der Waals surface area (Å²) in [5.74, 6) is 6.33. The lowest BCUT2D eigenvalue weighted by molar-refractivity contribution is -0.0444. The third-order valence-corrected chi connectivity index (χ3v) is 7.61. The maximum atomic E-state index is 13.0. The Morgan fingerprint density at radius 2 is 1.97 bits per heavy atom. The summed E-state index contributed by atoms with van der Waals surface area (Å²) in [4.78, 5) is 2.04. The van der Waals surface area contributed by atoms with Crippen molar-refractivity contribution in [2.24, 2.45) is 5.41 Å². The summed E-state index contributed by atoms with van der Waals surface area (Å²) in [5.41, 5.74) is 2.00. The summed E-state index contributed by atoms with van der Waals surface area (Å²) in [7, 11) is -3.35. The molecule has 7 heteroatoms. The average Bonchev–Trinajstić information content (AvgIpc) is 2.62. The lowest BCUT2D eigenvalue weighted by Crippen LogP contribution is -2.52. The summed E-state index contributed by atoms with van der Waals surface area (Å²) < 4.78 is 33.2. The lowest BCUT2D eigenvalue weighted by atomic mass is 9.79. The normalized spacial score (nSPS) is 26.9. The first-order valence-electron chi connectivity index (χ1n) is 10.4. The smallest absolute Gasteiger partial charge is 0.227 e. The van der Waals surface area contributed by atoms with Gasteiger partial charge in [-0.2, -0.15) is 4.31 Å². The fraction of sp³-hybridized carbons (Fsp3) is 0.565. The molecule has 0 saturated carbocycles. The van der Waals surface area contributed by atoms with Crippen molar-refractivity contribution in [3.05, 3.63) is 46.5 Å². The second kappa shape index (κ2) is 9.42. The molecule has 1 aromatic carbocycles. The summed E-state index contributed by atoms with van der Waals surface area (Å²) in [5, 5.41) is 0.674. The van der Waals surface area contributed by atoms with Crippen molar-refractivity contribution in [2.75, 3.05) is 32.1 Å². The Labute approximate surface area is 186 Å². The summed E-state index contributed by atoms with van der Waals surface area (Å²) >= 11 is 6.01. The van der Waals surface area contributed by atoms with Gasteiger partial charge in [-0.05, 0) is 50.0 Å². The van der Waals surface area contributed by atoms with Gasteiger partial charge in [0.1, 0.15) is 5.88 Å². The van der Waals surface area contributed by atoms with Crippen molar-refractivity contribution < 1.29 is 13.2 Å². The maximum absolute atomic E-state index is 13.0. The van der Waals surface area contributed by atoms with E-state index in [1.807, 2.05) is 49.1 Å². The van der Waals surface area contributed by atoms with Crippen LogP contribution in [-0.2, 0) is 14.8 Å². The Kier molecular flexibility index (Phi) is 7.32. The first kappa shape index (κ1) is 23.3. The van der Waals surface area contributed by atoms with Gasteiger partial charge in [-0.1, -0.05) is 48.9 Å². The minimum absolute atomic E-state index is 0.0529. The van der Waals surface area contributed by atoms with Gasteiger partial charge in [-0.3, -0.25) is 4.90 Å². The molecule has 0 N–H and O–H groups in total. The van der Waals surface area contributed by atoms with Gasteiger partial charge in [0.25, 0.3) is 0 Å². The molecule has 0 aliphatic carbocycles.